The van der Waals surface area contributed by atoms with Crippen molar-refractivity contribution in [2.45, 2.75) is 88.8 Å². The average Bonchev–Trinajstić information content (AvgIpc) is 2.78. The Balaban J connectivity index is 1.73. The van der Waals surface area contributed by atoms with Gasteiger partial charge in [0.05, 0.1) is 5.56 Å². The summed E-state index contributed by atoms with van der Waals surface area (Å²) in [7, 11) is 0. The first-order valence-corrected chi connectivity index (χ1v) is 12.9. The molecule has 1 aromatic rings. The largest absolute Gasteiger partial charge is 0.506 e. The van der Waals surface area contributed by atoms with E-state index in [0.29, 0.717) is 31.5 Å². The number of nitrogens with zero attached hydrogens (tertiary/aromatic N) is 2. The van der Waals surface area contributed by atoms with Crippen LogP contribution < -0.4 is 10.2 Å². The van der Waals surface area contributed by atoms with Crippen LogP contribution in [0.1, 0.15) is 82.5 Å². The third kappa shape index (κ3) is 6.09. The summed E-state index contributed by atoms with van der Waals surface area (Å²) >= 11 is 1.63. The summed E-state index contributed by atoms with van der Waals surface area (Å²) in [6, 6.07) is 4.09. The average molecular weight is 464 g/mol. The minimum atomic E-state index is -1.21. The fraction of sp³-hybridized carbons (Fsp3) is 0.708. The molecule has 0 radical (unpaired) electrons. The number of ether oxygens (including phenoxy) is 1. The smallest absolute Gasteiger partial charge is 0.450 e. The molecule has 8 heteroatoms. The first-order chi connectivity index (χ1) is 15.3. The standard InChI is InChI=1S/C24H37N3O4S/c1-4-16-32-22-19(21(28)25-18-8-6-5-7-9-18)10-11-20(26-22)27-14-12-24(13-15-27,17(2)3)31-23(29)30/h10-11,17-18H,4-9,12-16H2,1-3H3,(H,25,28)(H,29,30). The Morgan fingerprint density at radius 3 is 2.53 bits per heavy atom. The highest BCUT2D eigenvalue weighted by atomic mass is 32.2. The minimum Gasteiger partial charge on any atom is -0.450 e. The number of aromatic nitrogens is 1. The van der Waals surface area contributed by atoms with E-state index in [0.717, 1.165) is 35.9 Å². The molecule has 0 unspecified atom stereocenters. The molecule has 1 aliphatic carbocycles. The van der Waals surface area contributed by atoms with Crippen molar-refractivity contribution in [2.24, 2.45) is 5.92 Å². The molecule has 178 valence electrons. The third-order valence-electron chi connectivity index (χ3n) is 6.75. The van der Waals surface area contributed by atoms with E-state index >= 15 is 0 Å². The Morgan fingerprint density at radius 2 is 1.94 bits per heavy atom. The van der Waals surface area contributed by atoms with Crippen LogP contribution in [0.4, 0.5) is 10.6 Å². The number of amides is 1. The number of carbonyl (C=O) groups excluding carboxylic acids is 1. The first-order valence-electron chi connectivity index (χ1n) is 12.0. The molecule has 0 bridgehead atoms. The number of pyridine rings is 1. The molecule has 3 rings (SSSR count). The van der Waals surface area contributed by atoms with Crippen molar-refractivity contribution in [2.75, 3.05) is 23.7 Å². The molecule has 2 heterocycles. The molecule has 7 nitrogen and oxygen atoms in total. The van der Waals surface area contributed by atoms with Crippen LogP contribution in [0.5, 0.6) is 0 Å². The van der Waals surface area contributed by atoms with Gasteiger partial charge in [-0.2, -0.15) is 0 Å². The number of carboxylic acid groups (broad SMARTS) is 1. The van der Waals surface area contributed by atoms with Crippen LogP contribution in [-0.2, 0) is 4.74 Å². The first kappa shape index (κ1) is 24.7. The number of carbonyl (C=O) groups is 2. The molecule has 0 aromatic carbocycles. The maximum atomic E-state index is 13.0. The van der Waals surface area contributed by atoms with Crippen molar-refractivity contribution in [1.29, 1.82) is 0 Å². The van der Waals surface area contributed by atoms with E-state index < -0.39 is 11.8 Å². The van der Waals surface area contributed by atoms with Crippen LogP contribution in [0.3, 0.4) is 0 Å². The molecule has 2 aliphatic rings. The Labute approximate surface area is 195 Å². The number of thioether (sulfide) groups is 1. The molecular formula is C24H37N3O4S. The summed E-state index contributed by atoms with van der Waals surface area (Å²) in [4.78, 5) is 31.3. The van der Waals surface area contributed by atoms with Crippen molar-refractivity contribution < 1.29 is 19.4 Å². The van der Waals surface area contributed by atoms with Gasteiger partial charge in [-0.15, -0.1) is 11.8 Å². The molecule has 1 aliphatic heterocycles. The van der Waals surface area contributed by atoms with Crippen LogP contribution in [0.2, 0.25) is 0 Å². The second kappa shape index (κ2) is 11.3. The van der Waals surface area contributed by atoms with E-state index in [1.807, 2.05) is 26.0 Å². The van der Waals surface area contributed by atoms with Gasteiger partial charge in [0.1, 0.15) is 16.4 Å². The lowest BCUT2D eigenvalue weighted by atomic mass is 9.81. The SMILES string of the molecule is CCCSc1nc(N2CCC(OC(=O)O)(C(C)C)CC2)ccc1C(=O)NC1CCCCC1. The fourth-order valence-electron chi connectivity index (χ4n) is 4.68. The molecule has 0 atom stereocenters. The number of hydrogen-bond donors (Lipinski definition) is 2. The highest BCUT2D eigenvalue weighted by molar-refractivity contribution is 7.99. The lowest BCUT2D eigenvalue weighted by Gasteiger charge is -2.43. The van der Waals surface area contributed by atoms with Gasteiger partial charge in [0, 0.05) is 32.0 Å². The van der Waals surface area contributed by atoms with E-state index in [2.05, 4.69) is 17.1 Å². The van der Waals surface area contributed by atoms with Crippen molar-refractivity contribution in [3.8, 4) is 0 Å². The minimum absolute atomic E-state index is 0.0260. The number of rotatable bonds is 8. The molecule has 32 heavy (non-hydrogen) atoms. The predicted molar refractivity (Wildman–Crippen MR) is 128 cm³/mol. The molecule has 1 saturated carbocycles. The van der Waals surface area contributed by atoms with Crippen LogP contribution in [-0.4, -0.2) is 52.6 Å². The van der Waals surface area contributed by atoms with Crippen LogP contribution in [0.15, 0.2) is 17.2 Å². The van der Waals surface area contributed by atoms with Crippen LogP contribution in [0.25, 0.3) is 0 Å². The van der Waals surface area contributed by atoms with E-state index in [-0.39, 0.29) is 17.9 Å². The second-order valence-corrected chi connectivity index (χ2v) is 10.3. The van der Waals surface area contributed by atoms with E-state index in [9.17, 15) is 14.7 Å². The van der Waals surface area contributed by atoms with Crippen LogP contribution in [0, 0.1) is 5.92 Å². The summed E-state index contributed by atoms with van der Waals surface area (Å²) in [6.07, 6.45) is 6.77. The zero-order valence-electron chi connectivity index (χ0n) is 19.6. The third-order valence-corrected chi connectivity index (χ3v) is 7.95. The lowest BCUT2D eigenvalue weighted by molar-refractivity contribution is -0.0632. The van der Waals surface area contributed by atoms with E-state index in [4.69, 9.17) is 9.72 Å². The zero-order valence-corrected chi connectivity index (χ0v) is 20.4. The van der Waals surface area contributed by atoms with E-state index in [1.54, 1.807) is 11.8 Å². The zero-order chi connectivity index (χ0) is 23.1. The summed E-state index contributed by atoms with van der Waals surface area (Å²) in [5.41, 5.74) is 0.00241. The van der Waals surface area contributed by atoms with Gasteiger partial charge in [-0.3, -0.25) is 4.79 Å². The van der Waals surface area contributed by atoms with Gasteiger partial charge in [0.15, 0.2) is 0 Å². The topological polar surface area (TPSA) is 91.8 Å². The van der Waals surface area contributed by atoms with Crippen molar-refractivity contribution in [1.82, 2.24) is 10.3 Å². The van der Waals surface area contributed by atoms with Crippen molar-refractivity contribution in [3.05, 3.63) is 17.7 Å². The number of nitrogens with one attached hydrogen (secondary N) is 1. The summed E-state index contributed by atoms with van der Waals surface area (Å²) < 4.78 is 5.34. The van der Waals surface area contributed by atoms with Gasteiger partial charge in [-0.05, 0) is 43.1 Å². The number of hydrogen-bond acceptors (Lipinski definition) is 6. The van der Waals surface area contributed by atoms with Crippen molar-refractivity contribution >= 4 is 29.6 Å². The predicted octanol–water partition coefficient (Wildman–Crippen LogP) is 5.34. The molecule has 1 saturated heterocycles. The highest BCUT2D eigenvalue weighted by Gasteiger charge is 2.41. The molecule has 2 N–H and O–H groups in total. The van der Waals surface area contributed by atoms with Gasteiger partial charge in [-0.25, -0.2) is 9.78 Å². The monoisotopic (exact) mass is 463 g/mol. The molecule has 2 fully saturated rings. The Morgan fingerprint density at radius 1 is 1.25 bits per heavy atom. The maximum Gasteiger partial charge on any atom is 0.506 e. The Kier molecular flexibility index (Phi) is 8.68. The number of anilines is 1. The molecule has 0 spiro atoms. The van der Waals surface area contributed by atoms with E-state index in [1.165, 1.54) is 19.3 Å². The fourth-order valence-corrected chi connectivity index (χ4v) is 5.56. The highest BCUT2D eigenvalue weighted by Crippen LogP contribution is 2.36. The quantitative estimate of drug-likeness (QED) is 0.397. The Bertz CT molecular complexity index is 787. The summed E-state index contributed by atoms with van der Waals surface area (Å²) in [6.45, 7) is 7.48. The van der Waals surface area contributed by atoms with Gasteiger partial charge in [0.2, 0.25) is 0 Å². The normalized spacial score (nSPS) is 19.1. The van der Waals surface area contributed by atoms with Gasteiger partial charge in [-0.1, -0.05) is 40.0 Å². The molecular weight excluding hydrogens is 426 g/mol. The van der Waals surface area contributed by atoms with Crippen LogP contribution >= 0.6 is 11.8 Å². The maximum absolute atomic E-state index is 13.0. The molecule has 1 amide bonds. The Hall–Kier alpha value is -1.96. The van der Waals surface area contributed by atoms with Gasteiger partial charge in [0.25, 0.3) is 5.91 Å². The number of piperidine rings is 1. The lowest BCUT2D eigenvalue weighted by Crippen LogP contribution is -2.50. The second-order valence-electron chi connectivity index (χ2n) is 9.25. The summed E-state index contributed by atoms with van der Waals surface area (Å²) in [5, 5.41) is 13.2. The van der Waals surface area contributed by atoms with Gasteiger partial charge >= 0.3 is 6.16 Å². The summed E-state index contributed by atoms with van der Waals surface area (Å²) in [5.74, 6) is 1.82. The molecule has 1 aromatic heterocycles. The van der Waals surface area contributed by atoms with Crippen molar-refractivity contribution in [3.63, 3.8) is 0 Å². The van der Waals surface area contributed by atoms with Gasteiger partial charge < -0.3 is 20.1 Å².